The number of nitrogens with zero attached hydrogens (tertiary/aromatic N) is 1. The Morgan fingerprint density at radius 2 is 1.14 bits per heavy atom. The van der Waals surface area contributed by atoms with Gasteiger partial charge in [-0.3, -0.25) is 0 Å². The molecule has 2 aliphatic rings. The molecule has 0 unspecified atom stereocenters. The first-order chi connectivity index (χ1) is 28.1. The Kier molecular flexibility index (Phi) is 9.95. The largest absolute Gasteiger partial charge is 0.323 e. The fraction of sp³-hybridized carbons (Fsp3) is 0.0909. The van der Waals surface area contributed by atoms with Crippen LogP contribution in [0.5, 0.6) is 0 Å². The molecule has 0 fully saturated rings. The molecule has 0 saturated heterocycles. The van der Waals surface area contributed by atoms with E-state index < -0.39 is 0 Å². The summed E-state index contributed by atoms with van der Waals surface area (Å²) in [7, 11) is 3.75. The highest BCUT2D eigenvalue weighted by Gasteiger charge is 2.27. The maximum Gasteiger partial charge on any atom is 0.0537 e. The Bertz CT molecular complexity index is 2800. The maximum absolute atomic E-state index is 4.74. The lowest BCUT2D eigenvalue weighted by molar-refractivity contribution is 0.968. The van der Waals surface area contributed by atoms with Crippen molar-refractivity contribution in [2.45, 2.75) is 19.3 Å². The number of rotatable bonds is 6. The number of nitrogens with one attached hydrogen (secondary N) is 1. The molecule has 2 aliphatic carbocycles. The smallest absolute Gasteiger partial charge is 0.0537 e. The molecule has 10 rings (SSSR count). The molecule has 7 aromatic carbocycles. The minimum atomic E-state index is 0.827. The van der Waals surface area contributed by atoms with Gasteiger partial charge in [-0.1, -0.05) is 164 Å². The summed E-state index contributed by atoms with van der Waals surface area (Å²) in [4.78, 5) is 0. The molecule has 2 nitrogen and oxygen atoms in total. The average Bonchev–Trinajstić information content (AvgIpc) is 3.79. The summed E-state index contributed by atoms with van der Waals surface area (Å²) in [6, 6.07) is 64.1. The zero-order chi connectivity index (χ0) is 38.7. The third-order valence-electron chi connectivity index (χ3n) is 11.3. The Labute approximate surface area is 336 Å². The van der Waals surface area contributed by atoms with E-state index in [-0.39, 0.29) is 0 Å². The van der Waals surface area contributed by atoms with E-state index in [2.05, 4.69) is 198 Å². The van der Waals surface area contributed by atoms with E-state index >= 15 is 0 Å². The number of aryl methyl sites for hydroxylation is 1. The van der Waals surface area contributed by atoms with Crippen LogP contribution in [0.4, 0.5) is 0 Å². The van der Waals surface area contributed by atoms with E-state index in [1.54, 1.807) is 0 Å². The van der Waals surface area contributed by atoms with Gasteiger partial charge in [0.1, 0.15) is 0 Å². The molecular weight excluding hydrogens is 689 g/mol. The number of hydrogen-bond donors (Lipinski definition) is 1. The van der Waals surface area contributed by atoms with Crippen molar-refractivity contribution in [3.8, 4) is 39.1 Å². The van der Waals surface area contributed by atoms with Crippen LogP contribution in [-0.2, 0) is 12.8 Å². The highest BCUT2D eigenvalue weighted by molar-refractivity contribution is 6.00. The summed E-state index contributed by atoms with van der Waals surface area (Å²) >= 11 is 0. The van der Waals surface area contributed by atoms with Crippen LogP contribution >= 0.6 is 0 Å². The zero-order valence-corrected chi connectivity index (χ0v) is 32.7. The molecule has 1 heterocycles. The van der Waals surface area contributed by atoms with Crippen LogP contribution in [0.3, 0.4) is 0 Å². The first kappa shape index (κ1) is 35.9. The van der Waals surface area contributed by atoms with Crippen LogP contribution in [0.1, 0.15) is 39.9 Å². The predicted molar refractivity (Wildman–Crippen MR) is 244 cm³/mol. The fourth-order valence-electron chi connectivity index (χ4n) is 8.75. The standard InChI is InChI=1S/C53H39N.C2H7N/c1-36-45-25-14-26-46(50(45)35-49(36)53(39-17-6-3-7-18-39)40-31-29-38(30-32-40)37-15-4-2-5-16-37)43-21-12-19-41(33-43)42-20-13-22-44(34-42)54-51-27-10-8-23-47(51)48-24-9-11-28-52(48)54;1-3-2/h2-8,10-23,25-34H,1,9,24,35H2;3H,1-2H3/b53-49+;. The Morgan fingerprint density at radius 1 is 0.544 bits per heavy atom. The Morgan fingerprint density at radius 3 is 1.93 bits per heavy atom. The lowest BCUT2D eigenvalue weighted by atomic mass is 9.89. The highest BCUT2D eigenvalue weighted by Crippen LogP contribution is 2.46. The van der Waals surface area contributed by atoms with Gasteiger partial charge in [0.15, 0.2) is 0 Å². The lowest BCUT2D eigenvalue weighted by Gasteiger charge is -2.15. The van der Waals surface area contributed by atoms with Gasteiger partial charge in [0, 0.05) is 16.8 Å². The fourth-order valence-corrected chi connectivity index (χ4v) is 8.75. The van der Waals surface area contributed by atoms with E-state index in [9.17, 15) is 0 Å². The van der Waals surface area contributed by atoms with Crippen LogP contribution in [0.2, 0.25) is 0 Å². The number of benzene rings is 7. The van der Waals surface area contributed by atoms with Crippen LogP contribution in [0.15, 0.2) is 194 Å². The third-order valence-corrected chi connectivity index (χ3v) is 11.3. The van der Waals surface area contributed by atoms with Gasteiger partial charge in [-0.05, 0) is 142 Å². The summed E-state index contributed by atoms with van der Waals surface area (Å²) in [5.74, 6) is 0. The molecule has 57 heavy (non-hydrogen) atoms. The summed E-state index contributed by atoms with van der Waals surface area (Å²) in [5.41, 5.74) is 21.2. The molecule has 1 aromatic heterocycles. The second-order valence-corrected chi connectivity index (χ2v) is 14.9. The number of hydrogen-bond acceptors (Lipinski definition) is 1. The van der Waals surface area contributed by atoms with Gasteiger partial charge in [0.25, 0.3) is 0 Å². The minimum absolute atomic E-state index is 0.827. The molecule has 0 amide bonds. The molecule has 0 aliphatic heterocycles. The molecule has 0 saturated carbocycles. The van der Waals surface area contributed by atoms with Gasteiger partial charge >= 0.3 is 0 Å². The molecule has 276 valence electrons. The van der Waals surface area contributed by atoms with Crippen molar-refractivity contribution >= 4 is 28.1 Å². The topological polar surface area (TPSA) is 17.0 Å². The van der Waals surface area contributed by atoms with Gasteiger partial charge < -0.3 is 9.88 Å². The normalized spacial score (nSPS) is 13.8. The lowest BCUT2D eigenvalue weighted by Crippen LogP contribution is -2.00. The van der Waals surface area contributed by atoms with Crippen molar-refractivity contribution in [1.29, 1.82) is 0 Å². The molecule has 0 bridgehead atoms. The van der Waals surface area contributed by atoms with Gasteiger partial charge in [0.05, 0.1) is 5.52 Å². The third kappa shape index (κ3) is 6.79. The minimum Gasteiger partial charge on any atom is -0.323 e. The van der Waals surface area contributed by atoms with Crippen LogP contribution in [-0.4, -0.2) is 18.7 Å². The van der Waals surface area contributed by atoms with Gasteiger partial charge in [-0.25, -0.2) is 0 Å². The summed E-state index contributed by atoms with van der Waals surface area (Å²) < 4.78 is 2.44. The Balaban J connectivity index is 0.00000137. The number of allylic oxidation sites excluding steroid dienone is 3. The maximum atomic E-state index is 4.74. The first-order valence-corrected chi connectivity index (χ1v) is 20.0. The van der Waals surface area contributed by atoms with E-state index in [4.69, 9.17) is 6.58 Å². The van der Waals surface area contributed by atoms with Crippen molar-refractivity contribution in [3.63, 3.8) is 0 Å². The van der Waals surface area contributed by atoms with E-state index in [0.717, 1.165) is 24.8 Å². The number of fused-ring (bicyclic) bond motifs is 4. The average molecular weight is 735 g/mol. The van der Waals surface area contributed by atoms with Crippen molar-refractivity contribution in [1.82, 2.24) is 9.88 Å². The summed E-state index contributed by atoms with van der Waals surface area (Å²) in [5, 5.41) is 4.11. The van der Waals surface area contributed by atoms with Crippen LogP contribution in [0.25, 0.3) is 67.2 Å². The second-order valence-electron chi connectivity index (χ2n) is 14.9. The quantitative estimate of drug-likeness (QED) is 0.180. The predicted octanol–water partition coefficient (Wildman–Crippen LogP) is 13.5. The molecule has 1 N–H and O–H groups in total. The number of aromatic nitrogens is 1. The van der Waals surface area contributed by atoms with Crippen molar-refractivity contribution in [2.75, 3.05) is 14.1 Å². The molecule has 0 atom stereocenters. The molecule has 0 spiro atoms. The zero-order valence-electron chi connectivity index (χ0n) is 32.7. The molecular formula is C55H46N2. The van der Waals surface area contributed by atoms with E-state index in [1.807, 2.05) is 14.1 Å². The second kappa shape index (κ2) is 15.8. The molecule has 8 aromatic rings. The SMILES string of the molecule is C=C1/C(=C(\c2ccccc2)c2ccc(-c3ccccc3)cc2)Cc2c1cccc2-c1cccc(-c2cccc(-n3c4c(c5ccccc53)CCC=C4)c2)c1.CNC. The van der Waals surface area contributed by atoms with Gasteiger partial charge in [-0.15, -0.1) is 0 Å². The number of para-hydroxylation sites is 1. The summed E-state index contributed by atoms with van der Waals surface area (Å²) in [6.07, 6.45) is 7.62. The van der Waals surface area contributed by atoms with Crippen LogP contribution < -0.4 is 5.32 Å². The van der Waals surface area contributed by atoms with Crippen molar-refractivity contribution in [3.05, 3.63) is 228 Å². The van der Waals surface area contributed by atoms with E-state index in [1.165, 1.54) is 94.6 Å². The van der Waals surface area contributed by atoms with Crippen molar-refractivity contribution in [2.24, 2.45) is 0 Å². The molecule has 2 heteroatoms. The monoisotopic (exact) mass is 734 g/mol. The molecule has 0 radical (unpaired) electrons. The van der Waals surface area contributed by atoms with Crippen LogP contribution in [0, 0.1) is 0 Å². The van der Waals surface area contributed by atoms with Crippen molar-refractivity contribution < 1.29 is 0 Å². The van der Waals surface area contributed by atoms with Gasteiger partial charge in [0.2, 0.25) is 0 Å². The Hall–Kier alpha value is -6.74. The first-order valence-electron chi connectivity index (χ1n) is 20.0. The van der Waals surface area contributed by atoms with E-state index in [0.29, 0.717) is 0 Å². The highest BCUT2D eigenvalue weighted by atomic mass is 15.0. The summed E-state index contributed by atoms with van der Waals surface area (Å²) in [6.45, 7) is 4.74. The van der Waals surface area contributed by atoms with Gasteiger partial charge in [-0.2, -0.15) is 0 Å².